The highest BCUT2D eigenvalue weighted by atomic mass is 15.1. The summed E-state index contributed by atoms with van der Waals surface area (Å²) in [6.07, 6.45) is 9.42. The summed E-state index contributed by atoms with van der Waals surface area (Å²) in [5.74, 6) is 0.891. The summed E-state index contributed by atoms with van der Waals surface area (Å²) in [6, 6.07) is 0. The molecule has 1 aliphatic rings. The third-order valence-electron chi connectivity index (χ3n) is 3.09. The van der Waals surface area contributed by atoms with Gasteiger partial charge in [0.25, 0.3) is 0 Å². The number of nitrogens with zero attached hydrogens (tertiary/aromatic N) is 1. The van der Waals surface area contributed by atoms with Gasteiger partial charge in [-0.2, -0.15) is 0 Å². The van der Waals surface area contributed by atoms with E-state index in [1.807, 2.05) is 6.08 Å². The molecule has 0 unspecified atom stereocenters. The van der Waals surface area contributed by atoms with Gasteiger partial charge in [0.2, 0.25) is 0 Å². The first-order valence-electron chi connectivity index (χ1n) is 5.76. The van der Waals surface area contributed by atoms with Crippen molar-refractivity contribution in [2.75, 3.05) is 20.1 Å². The Morgan fingerprint density at radius 2 is 2.07 bits per heavy atom. The Hall–Kier alpha value is -0.560. The fourth-order valence-electron chi connectivity index (χ4n) is 2.11. The second-order valence-electron chi connectivity index (χ2n) is 4.34. The van der Waals surface area contributed by atoms with Crippen LogP contribution < -0.4 is 0 Å². The molecule has 1 aliphatic heterocycles. The molecule has 0 amide bonds. The van der Waals surface area contributed by atoms with Crippen LogP contribution in [0.4, 0.5) is 0 Å². The fourth-order valence-corrected chi connectivity index (χ4v) is 2.11. The van der Waals surface area contributed by atoms with Gasteiger partial charge in [-0.15, -0.1) is 0 Å². The van der Waals surface area contributed by atoms with E-state index in [9.17, 15) is 0 Å². The third kappa shape index (κ3) is 3.67. The van der Waals surface area contributed by atoms with Crippen LogP contribution in [0.2, 0.25) is 0 Å². The van der Waals surface area contributed by atoms with Crippen molar-refractivity contribution in [2.24, 2.45) is 5.92 Å². The van der Waals surface area contributed by atoms with Crippen LogP contribution in [0.15, 0.2) is 24.3 Å². The zero-order chi connectivity index (χ0) is 10.4. The molecule has 0 aromatic heterocycles. The first-order chi connectivity index (χ1) is 6.76. The minimum absolute atomic E-state index is 0.891. The molecule has 14 heavy (non-hydrogen) atoms. The lowest BCUT2D eigenvalue weighted by molar-refractivity contribution is 0.219. The van der Waals surface area contributed by atoms with Gasteiger partial charge in [0.15, 0.2) is 0 Å². The normalized spacial score (nSPS) is 21.1. The lowest BCUT2D eigenvalue weighted by atomic mass is 9.90. The molecule has 1 heteroatoms. The van der Waals surface area contributed by atoms with Gasteiger partial charge >= 0.3 is 0 Å². The molecule has 0 spiro atoms. The lowest BCUT2D eigenvalue weighted by Crippen LogP contribution is -2.30. The summed E-state index contributed by atoms with van der Waals surface area (Å²) in [5, 5.41) is 0. The molecule has 0 aliphatic carbocycles. The minimum Gasteiger partial charge on any atom is -0.306 e. The van der Waals surface area contributed by atoms with E-state index in [0.717, 1.165) is 12.3 Å². The van der Waals surface area contributed by atoms with E-state index in [4.69, 9.17) is 0 Å². The second kappa shape index (κ2) is 6.02. The number of likely N-dealkylation sites (tertiary alicyclic amines) is 1. The van der Waals surface area contributed by atoms with Gasteiger partial charge in [0, 0.05) is 0 Å². The molecule has 0 saturated carbocycles. The van der Waals surface area contributed by atoms with Gasteiger partial charge in [-0.25, -0.2) is 0 Å². The van der Waals surface area contributed by atoms with E-state index >= 15 is 0 Å². The first kappa shape index (κ1) is 11.5. The van der Waals surface area contributed by atoms with Crippen molar-refractivity contribution < 1.29 is 0 Å². The van der Waals surface area contributed by atoms with Crippen molar-refractivity contribution in [3.8, 4) is 0 Å². The standard InChI is InChI=1S/C13H23N/c1-4-6-12(5-2)11-13-7-9-14(3)10-8-13/h5-6,13H,2,4,7-11H2,1,3H3/b12-6+. The lowest BCUT2D eigenvalue weighted by Gasteiger charge is -2.29. The Balaban J connectivity index is 2.36. The van der Waals surface area contributed by atoms with Gasteiger partial charge in [0.05, 0.1) is 0 Å². The molecule has 0 N–H and O–H groups in total. The highest BCUT2D eigenvalue weighted by molar-refractivity contribution is 5.16. The van der Waals surface area contributed by atoms with Crippen LogP contribution in [0, 0.1) is 5.92 Å². The van der Waals surface area contributed by atoms with Crippen molar-refractivity contribution in [2.45, 2.75) is 32.6 Å². The number of rotatable bonds is 4. The predicted molar refractivity (Wildman–Crippen MR) is 63.4 cm³/mol. The molecular weight excluding hydrogens is 170 g/mol. The summed E-state index contributed by atoms with van der Waals surface area (Å²) >= 11 is 0. The van der Waals surface area contributed by atoms with E-state index in [1.165, 1.54) is 37.9 Å². The zero-order valence-corrected chi connectivity index (χ0v) is 9.63. The SMILES string of the molecule is C=C/C(=C\CC)CC1CCN(C)CC1. The van der Waals surface area contributed by atoms with Crippen LogP contribution in [0.3, 0.4) is 0 Å². The molecule has 0 aromatic rings. The molecule has 0 aromatic carbocycles. The summed E-state index contributed by atoms with van der Waals surface area (Å²) in [4.78, 5) is 2.42. The van der Waals surface area contributed by atoms with Gasteiger partial charge in [-0.3, -0.25) is 0 Å². The number of allylic oxidation sites excluding steroid dienone is 3. The quantitative estimate of drug-likeness (QED) is 0.620. The van der Waals surface area contributed by atoms with Gasteiger partial charge in [-0.1, -0.05) is 31.2 Å². The molecule has 1 fully saturated rings. The van der Waals surface area contributed by atoms with Crippen LogP contribution in [0.5, 0.6) is 0 Å². The van der Waals surface area contributed by atoms with Crippen molar-refractivity contribution in [3.05, 3.63) is 24.3 Å². The fraction of sp³-hybridized carbons (Fsp3) is 0.692. The molecule has 80 valence electrons. The molecule has 1 saturated heterocycles. The van der Waals surface area contributed by atoms with E-state index in [0.29, 0.717) is 0 Å². The Bertz CT molecular complexity index is 197. The molecule has 1 rings (SSSR count). The Kier molecular flexibility index (Phi) is 4.95. The smallest absolute Gasteiger partial charge is 0.00190 e. The van der Waals surface area contributed by atoms with E-state index < -0.39 is 0 Å². The Morgan fingerprint density at radius 3 is 2.57 bits per heavy atom. The topological polar surface area (TPSA) is 3.24 Å². The van der Waals surface area contributed by atoms with Crippen molar-refractivity contribution in [1.29, 1.82) is 0 Å². The molecule has 0 bridgehead atoms. The largest absolute Gasteiger partial charge is 0.306 e. The van der Waals surface area contributed by atoms with Crippen LogP contribution in [0.25, 0.3) is 0 Å². The molecular formula is C13H23N. The van der Waals surface area contributed by atoms with Crippen molar-refractivity contribution in [3.63, 3.8) is 0 Å². The average molecular weight is 193 g/mol. The maximum Gasteiger partial charge on any atom is -0.00190 e. The number of hydrogen-bond donors (Lipinski definition) is 0. The van der Waals surface area contributed by atoms with Gasteiger partial charge in [-0.05, 0) is 51.7 Å². The summed E-state index contributed by atoms with van der Waals surface area (Å²) in [7, 11) is 2.21. The Labute approximate surface area is 88.5 Å². The molecule has 1 heterocycles. The first-order valence-corrected chi connectivity index (χ1v) is 5.76. The van der Waals surface area contributed by atoms with Gasteiger partial charge < -0.3 is 4.90 Å². The minimum atomic E-state index is 0.891. The van der Waals surface area contributed by atoms with Crippen LogP contribution in [0.1, 0.15) is 32.6 Å². The summed E-state index contributed by atoms with van der Waals surface area (Å²) < 4.78 is 0. The predicted octanol–water partition coefficient (Wildman–Crippen LogP) is 3.24. The van der Waals surface area contributed by atoms with E-state index in [1.54, 1.807) is 0 Å². The van der Waals surface area contributed by atoms with Crippen LogP contribution in [-0.4, -0.2) is 25.0 Å². The second-order valence-corrected chi connectivity index (χ2v) is 4.34. The van der Waals surface area contributed by atoms with Crippen molar-refractivity contribution in [1.82, 2.24) is 4.90 Å². The number of piperidine rings is 1. The molecule has 1 nitrogen and oxygen atoms in total. The highest BCUT2D eigenvalue weighted by Gasteiger charge is 2.16. The number of hydrogen-bond acceptors (Lipinski definition) is 1. The third-order valence-corrected chi connectivity index (χ3v) is 3.09. The van der Waals surface area contributed by atoms with Crippen molar-refractivity contribution >= 4 is 0 Å². The zero-order valence-electron chi connectivity index (χ0n) is 9.63. The van der Waals surface area contributed by atoms with E-state index in [-0.39, 0.29) is 0 Å². The highest BCUT2D eigenvalue weighted by Crippen LogP contribution is 2.23. The van der Waals surface area contributed by atoms with Crippen LogP contribution in [-0.2, 0) is 0 Å². The molecule has 0 radical (unpaired) electrons. The maximum atomic E-state index is 3.88. The Morgan fingerprint density at radius 1 is 1.43 bits per heavy atom. The maximum absolute atomic E-state index is 3.88. The summed E-state index contributed by atoms with van der Waals surface area (Å²) in [6.45, 7) is 8.60. The van der Waals surface area contributed by atoms with Gasteiger partial charge in [0.1, 0.15) is 0 Å². The monoisotopic (exact) mass is 193 g/mol. The van der Waals surface area contributed by atoms with Crippen LogP contribution >= 0.6 is 0 Å². The van der Waals surface area contributed by atoms with E-state index in [2.05, 4.69) is 31.5 Å². The summed E-state index contributed by atoms with van der Waals surface area (Å²) in [5.41, 5.74) is 1.45. The molecule has 0 atom stereocenters. The average Bonchev–Trinajstić information content (AvgIpc) is 2.20.